The summed E-state index contributed by atoms with van der Waals surface area (Å²) >= 11 is 6.11. The Hall–Kier alpha value is -2.09. The number of piperidine rings is 1. The molecule has 0 aliphatic carbocycles. The number of rotatable bonds is 8. The molecule has 6 nitrogen and oxygen atoms in total. The fourth-order valence-corrected chi connectivity index (χ4v) is 5.61. The monoisotopic (exact) mass is 464 g/mol. The van der Waals surface area contributed by atoms with Crippen molar-refractivity contribution in [2.75, 3.05) is 19.7 Å². The van der Waals surface area contributed by atoms with Crippen molar-refractivity contribution >= 4 is 27.5 Å². The highest BCUT2D eigenvalue weighted by Gasteiger charge is 2.32. The number of amides is 1. The Balaban J connectivity index is 1.52. The maximum absolute atomic E-state index is 12.8. The van der Waals surface area contributed by atoms with Crippen molar-refractivity contribution in [3.05, 3.63) is 64.7 Å². The standard InChI is InChI=1S/C23H29ClN2O4S/c1-3-30-21-10-8-18(9-11-21)17(2)25-23(27)19-12-14-26(15-13-19)31(28,29)16-20-6-4-5-7-22(20)24/h4-11,17,19H,3,12-16H2,1-2H3,(H,25,27)/t17-/m1/s1. The topological polar surface area (TPSA) is 75.7 Å². The minimum absolute atomic E-state index is 0.0375. The zero-order valence-corrected chi connectivity index (χ0v) is 19.5. The first-order chi connectivity index (χ1) is 14.8. The predicted octanol–water partition coefficient (Wildman–Crippen LogP) is 4.16. The third-order valence-electron chi connectivity index (χ3n) is 5.56. The van der Waals surface area contributed by atoms with Crippen LogP contribution in [0.4, 0.5) is 0 Å². The van der Waals surface area contributed by atoms with Crippen molar-refractivity contribution in [2.45, 2.75) is 38.5 Å². The van der Waals surface area contributed by atoms with Crippen LogP contribution in [0.3, 0.4) is 0 Å². The summed E-state index contributed by atoms with van der Waals surface area (Å²) in [5, 5.41) is 3.50. The molecule has 1 fully saturated rings. The number of benzene rings is 2. The molecule has 0 bridgehead atoms. The summed E-state index contributed by atoms with van der Waals surface area (Å²) in [4.78, 5) is 12.7. The first-order valence-corrected chi connectivity index (χ1v) is 12.5. The van der Waals surface area contributed by atoms with Gasteiger partial charge in [-0.2, -0.15) is 0 Å². The van der Waals surface area contributed by atoms with E-state index in [1.165, 1.54) is 4.31 Å². The highest BCUT2D eigenvalue weighted by atomic mass is 35.5. The van der Waals surface area contributed by atoms with Gasteiger partial charge < -0.3 is 10.1 Å². The van der Waals surface area contributed by atoms with E-state index in [2.05, 4.69) is 5.32 Å². The van der Waals surface area contributed by atoms with Gasteiger partial charge in [0, 0.05) is 24.0 Å². The molecule has 1 heterocycles. The first kappa shape index (κ1) is 23.6. The van der Waals surface area contributed by atoms with E-state index in [9.17, 15) is 13.2 Å². The van der Waals surface area contributed by atoms with Gasteiger partial charge >= 0.3 is 0 Å². The minimum atomic E-state index is -3.48. The van der Waals surface area contributed by atoms with Gasteiger partial charge in [0.2, 0.25) is 15.9 Å². The average Bonchev–Trinajstić information content (AvgIpc) is 2.76. The lowest BCUT2D eigenvalue weighted by atomic mass is 9.96. The maximum Gasteiger partial charge on any atom is 0.223 e. The van der Waals surface area contributed by atoms with Gasteiger partial charge in [-0.15, -0.1) is 0 Å². The molecule has 1 N–H and O–H groups in total. The molecule has 0 saturated carbocycles. The molecule has 0 radical (unpaired) electrons. The maximum atomic E-state index is 12.8. The summed E-state index contributed by atoms with van der Waals surface area (Å²) in [6.45, 7) is 5.16. The summed E-state index contributed by atoms with van der Waals surface area (Å²) in [7, 11) is -3.48. The Morgan fingerprint density at radius 1 is 1.16 bits per heavy atom. The van der Waals surface area contributed by atoms with E-state index < -0.39 is 10.0 Å². The van der Waals surface area contributed by atoms with Crippen LogP contribution >= 0.6 is 11.6 Å². The van der Waals surface area contributed by atoms with E-state index in [-0.39, 0.29) is 23.6 Å². The van der Waals surface area contributed by atoms with Crippen LogP contribution in [0, 0.1) is 5.92 Å². The first-order valence-electron chi connectivity index (χ1n) is 10.5. The Morgan fingerprint density at radius 2 is 1.81 bits per heavy atom. The molecule has 1 atom stereocenters. The Labute approximate surface area is 189 Å². The van der Waals surface area contributed by atoms with Crippen molar-refractivity contribution in [2.24, 2.45) is 5.92 Å². The molecular weight excluding hydrogens is 436 g/mol. The number of nitrogens with one attached hydrogen (secondary N) is 1. The van der Waals surface area contributed by atoms with Crippen molar-refractivity contribution in [3.63, 3.8) is 0 Å². The molecule has 2 aromatic carbocycles. The van der Waals surface area contributed by atoms with E-state index in [0.29, 0.717) is 43.1 Å². The number of halogens is 1. The highest BCUT2D eigenvalue weighted by molar-refractivity contribution is 7.88. The lowest BCUT2D eigenvalue weighted by Gasteiger charge is -2.31. The Kier molecular flexibility index (Phi) is 7.97. The molecular formula is C23H29ClN2O4S. The summed E-state index contributed by atoms with van der Waals surface area (Å²) in [6, 6.07) is 14.5. The Bertz CT molecular complexity index is 987. The summed E-state index contributed by atoms with van der Waals surface area (Å²) in [5.41, 5.74) is 1.59. The van der Waals surface area contributed by atoms with Crippen molar-refractivity contribution in [1.29, 1.82) is 0 Å². The van der Waals surface area contributed by atoms with Gasteiger partial charge in [0.1, 0.15) is 5.75 Å². The van der Waals surface area contributed by atoms with Gasteiger partial charge in [0.15, 0.2) is 0 Å². The number of hydrogen-bond acceptors (Lipinski definition) is 4. The van der Waals surface area contributed by atoms with Gasteiger partial charge in [0.05, 0.1) is 18.4 Å². The molecule has 1 amide bonds. The molecule has 0 spiro atoms. The zero-order valence-electron chi connectivity index (χ0n) is 17.9. The summed E-state index contributed by atoms with van der Waals surface area (Å²) in [6.07, 6.45) is 1.01. The third kappa shape index (κ3) is 6.21. The molecule has 2 aromatic rings. The molecule has 1 aliphatic heterocycles. The van der Waals surface area contributed by atoms with Crippen LogP contribution in [0.15, 0.2) is 48.5 Å². The highest BCUT2D eigenvalue weighted by Crippen LogP contribution is 2.25. The molecule has 8 heteroatoms. The second-order valence-electron chi connectivity index (χ2n) is 7.75. The zero-order chi connectivity index (χ0) is 22.4. The molecule has 31 heavy (non-hydrogen) atoms. The normalized spacial score (nSPS) is 16.6. The number of carbonyl (C=O) groups is 1. The van der Waals surface area contributed by atoms with E-state index in [0.717, 1.165) is 11.3 Å². The Morgan fingerprint density at radius 3 is 2.42 bits per heavy atom. The lowest BCUT2D eigenvalue weighted by Crippen LogP contribution is -2.43. The van der Waals surface area contributed by atoms with Gasteiger partial charge in [-0.3, -0.25) is 4.79 Å². The SMILES string of the molecule is CCOc1ccc([C@@H](C)NC(=O)C2CCN(S(=O)(=O)Cc3ccccc3Cl)CC2)cc1. The quantitative estimate of drug-likeness (QED) is 0.636. The van der Waals surface area contributed by atoms with Gasteiger partial charge in [0.25, 0.3) is 0 Å². The largest absolute Gasteiger partial charge is 0.494 e. The van der Waals surface area contributed by atoms with Crippen LogP contribution in [0.1, 0.15) is 43.9 Å². The van der Waals surface area contributed by atoms with Crippen LogP contribution in [0.5, 0.6) is 5.75 Å². The third-order valence-corrected chi connectivity index (χ3v) is 7.76. The predicted molar refractivity (Wildman–Crippen MR) is 123 cm³/mol. The van der Waals surface area contributed by atoms with Crippen LogP contribution < -0.4 is 10.1 Å². The van der Waals surface area contributed by atoms with Crippen molar-refractivity contribution in [3.8, 4) is 5.75 Å². The van der Waals surface area contributed by atoms with E-state index in [1.807, 2.05) is 38.1 Å². The number of hydrogen-bond donors (Lipinski definition) is 1. The van der Waals surface area contributed by atoms with Crippen LogP contribution in [0.2, 0.25) is 5.02 Å². The van der Waals surface area contributed by atoms with Crippen molar-refractivity contribution < 1.29 is 17.9 Å². The molecule has 3 rings (SSSR count). The number of carbonyl (C=O) groups excluding carboxylic acids is 1. The second-order valence-corrected chi connectivity index (χ2v) is 10.1. The minimum Gasteiger partial charge on any atom is -0.494 e. The molecule has 1 saturated heterocycles. The number of sulfonamides is 1. The van der Waals surface area contributed by atoms with E-state index in [4.69, 9.17) is 16.3 Å². The molecule has 0 unspecified atom stereocenters. The smallest absolute Gasteiger partial charge is 0.223 e. The molecule has 0 aromatic heterocycles. The summed E-state index contributed by atoms with van der Waals surface area (Å²) in [5.74, 6) is 0.440. The fourth-order valence-electron chi connectivity index (χ4n) is 3.73. The van der Waals surface area contributed by atoms with Gasteiger partial charge in [-0.05, 0) is 56.0 Å². The number of ether oxygens (including phenoxy) is 1. The van der Waals surface area contributed by atoms with E-state index >= 15 is 0 Å². The van der Waals surface area contributed by atoms with Crippen LogP contribution in [-0.2, 0) is 20.6 Å². The molecule has 168 valence electrons. The average molecular weight is 465 g/mol. The fraction of sp³-hybridized carbons (Fsp3) is 0.435. The van der Waals surface area contributed by atoms with Crippen molar-refractivity contribution in [1.82, 2.24) is 9.62 Å². The number of nitrogens with zero attached hydrogens (tertiary/aromatic N) is 1. The van der Waals surface area contributed by atoms with Crippen LogP contribution in [-0.4, -0.2) is 38.3 Å². The van der Waals surface area contributed by atoms with E-state index in [1.54, 1.807) is 24.3 Å². The summed E-state index contributed by atoms with van der Waals surface area (Å²) < 4.78 is 32.5. The molecule has 1 aliphatic rings. The van der Waals surface area contributed by atoms with Gasteiger partial charge in [-0.25, -0.2) is 12.7 Å². The second kappa shape index (κ2) is 10.5. The van der Waals surface area contributed by atoms with Crippen LogP contribution in [0.25, 0.3) is 0 Å². The van der Waals surface area contributed by atoms with Gasteiger partial charge in [-0.1, -0.05) is 41.9 Å². The lowest BCUT2D eigenvalue weighted by molar-refractivity contribution is -0.126.